The monoisotopic (exact) mass is 552 g/mol. The zero-order valence-corrected chi connectivity index (χ0v) is 21.5. The van der Waals surface area contributed by atoms with E-state index in [0.29, 0.717) is 5.56 Å². The molecule has 3 atom stereocenters. The molecule has 0 saturated carbocycles. The van der Waals surface area contributed by atoms with Gasteiger partial charge in [-0.2, -0.15) is 13.5 Å². The first-order chi connectivity index (χ1) is 18.7. The predicted molar refractivity (Wildman–Crippen MR) is 136 cm³/mol. The minimum Gasteiger partial charge on any atom is -0.455 e. The first-order valence-corrected chi connectivity index (χ1v) is 13.2. The Morgan fingerprint density at radius 1 is 1.03 bits per heavy atom. The molecule has 1 aliphatic heterocycles. The molecule has 1 heterocycles. The van der Waals surface area contributed by atoms with E-state index in [1.165, 1.54) is 0 Å². The number of carbonyl (C=O) groups is 2. The third-order valence-corrected chi connectivity index (χ3v) is 7.58. The number of hydrogen-bond donors (Lipinski definition) is 0. The van der Waals surface area contributed by atoms with Gasteiger partial charge in [0.15, 0.2) is 6.04 Å². The number of hydrogen-bond acceptors (Lipinski definition) is 10. The van der Waals surface area contributed by atoms with Crippen LogP contribution in [0.15, 0.2) is 100 Å². The summed E-state index contributed by atoms with van der Waals surface area (Å²) in [6, 6.07) is 21.0. The minimum atomic E-state index is -4.57. The summed E-state index contributed by atoms with van der Waals surface area (Å²) < 4.78 is 37.7. The molecule has 39 heavy (non-hydrogen) atoms. The molecule has 0 radical (unpaired) electrons. The van der Waals surface area contributed by atoms with Crippen LogP contribution in [0.4, 0.5) is 5.69 Å². The maximum atomic E-state index is 13.1. The second-order valence-corrected chi connectivity index (χ2v) is 10.4. The van der Waals surface area contributed by atoms with Crippen LogP contribution < -0.4 is 0 Å². The van der Waals surface area contributed by atoms with Crippen LogP contribution in [0.3, 0.4) is 0 Å². The van der Waals surface area contributed by atoms with E-state index in [2.05, 4.69) is 10.3 Å². The van der Waals surface area contributed by atoms with Crippen molar-refractivity contribution in [1.29, 1.82) is 0 Å². The van der Waals surface area contributed by atoms with Gasteiger partial charge in [0.2, 0.25) is 0 Å². The van der Waals surface area contributed by atoms with Crippen LogP contribution in [0.2, 0.25) is 0 Å². The third kappa shape index (κ3) is 6.33. The quantitative estimate of drug-likeness (QED) is 0.158. The van der Waals surface area contributed by atoms with Crippen molar-refractivity contribution in [2.75, 3.05) is 6.61 Å². The molecule has 0 aliphatic carbocycles. The van der Waals surface area contributed by atoms with Gasteiger partial charge in [-0.1, -0.05) is 70.3 Å². The van der Waals surface area contributed by atoms with Gasteiger partial charge >= 0.3 is 5.97 Å². The van der Waals surface area contributed by atoms with Crippen LogP contribution in [0, 0.1) is 16.0 Å². The van der Waals surface area contributed by atoms with E-state index < -0.39 is 49.8 Å². The average molecular weight is 553 g/mol. The van der Waals surface area contributed by atoms with Crippen molar-refractivity contribution < 1.29 is 32.4 Å². The Hall–Kier alpha value is -4.49. The van der Waals surface area contributed by atoms with Gasteiger partial charge < -0.3 is 9.47 Å². The normalized spacial score (nSPS) is 19.1. The van der Waals surface area contributed by atoms with E-state index in [9.17, 15) is 28.1 Å². The second-order valence-electron chi connectivity index (χ2n) is 8.60. The molecule has 1 fully saturated rings. The number of cyclic esters (lactones) is 1. The largest absolute Gasteiger partial charge is 0.455 e. The average Bonchev–Trinajstić information content (AvgIpc) is 3.24. The molecule has 12 nitrogen and oxygen atoms in total. The van der Waals surface area contributed by atoms with Crippen molar-refractivity contribution in [3.63, 3.8) is 0 Å². The minimum absolute atomic E-state index is 0.0268. The first kappa shape index (κ1) is 27.5. The summed E-state index contributed by atoms with van der Waals surface area (Å²) in [5.41, 5.74) is 1.27. The van der Waals surface area contributed by atoms with E-state index >= 15 is 0 Å². The lowest BCUT2D eigenvalue weighted by Gasteiger charge is -2.20. The number of non-ortho nitro benzene ring substituents is 1. The number of rotatable bonds is 10. The Morgan fingerprint density at radius 3 is 2.23 bits per heavy atom. The lowest BCUT2D eigenvalue weighted by molar-refractivity contribution is -0.384. The predicted octanol–water partition coefficient (Wildman–Crippen LogP) is 4.00. The number of carbonyl (C=O) groups excluding carboxylic acids is 2. The topological polar surface area (TPSA) is 158 Å². The summed E-state index contributed by atoms with van der Waals surface area (Å²) >= 11 is 0. The Labute approximate surface area is 224 Å². The number of benzene rings is 3. The molecule has 0 aromatic heterocycles. The number of sulfonamides is 1. The molecule has 0 N–H and O–H groups in total. The van der Waals surface area contributed by atoms with E-state index in [4.69, 9.17) is 9.47 Å². The summed E-state index contributed by atoms with van der Waals surface area (Å²) in [6.45, 7) is 1.24. The number of nitrogens with zero attached hydrogens (tertiary/aromatic N) is 4. The molecule has 0 spiro atoms. The molecule has 1 aliphatic rings. The molecule has 3 aromatic carbocycles. The van der Waals surface area contributed by atoms with Crippen molar-refractivity contribution >= 4 is 27.6 Å². The van der Waals surface area contributed by atoms with E-state index in [1.807, 2.05) is 36.4 Å². The highest BCUT2D eigenvalue weighted by Gasteiger charge is 2.46. The maximum Gasteiger partial charge on any atom is 0.334 e. The van der Waals surface area contributed by atoms with Gasteiger partial charge in [0.25, 0.3) is 21.6 Å². The van der Waals surface area contributed by atoms with Gasteiger partial charge in [-0.05, 0) is 23.3 Å². The fraction of sp³-hybridized carbons (Fsp3) is 0.231. The molecule has 0 bridgehead atoms. The SMILES string of the molecule is CC(=O)N(N=NC1C(=O)O[C@H](c2ccccc2)[C@H]1COCc1ccccc1)S(=O)(=O)c1ccc([N+](=O)[O-])cc1. The molecule has 13 heteroatoms. The standard InChI is InChI=1S/C26H24N4O8S/c1-18(31)29(39(35,36)22-14-12-21(13-15-22)30(33)34)28-27-24-23(17-37-16-19-8-4-2-5-9-19)25(38-26(24)32)20-10-6-3-7-11-20/h2-15,23-25H,16-17H2,1H3/t23-,24?,25+/m0/s1. The number of amides is 1. The Kier molecular flexibility index (Phi) is 8.42. The molecule has 1 saturated heterocycles. The number of ether oxygens (including phenoxy) is 2. The van der Waals surface area contributed by atoms with Gasteiger partial charge in [0.05, 0.1) is 29.0 Å². The van der Waals surface area contributed by atoms with Gasteiger partial charge in [-0.25, -0.2) is 4.79 Å². The van der Waals surface area contributed by atoms with Gasteiger partial charge in [0, 0.05) is 19.1 Å². The van der Waals surface area contributed by atoms with Crippen molar-refractivity contribution in [1.82, 2.24) is 4.41 Å². The zero-order chi connectivity index (χ0) is 28.0. The highest BCUT2D eigenvalue weighted by Crippen LogP contribution is 2.38. The highest BCUT2D eigenvalue weighted by atomic mass is 32.2. The smallest absolute Gasteiger partial charge is 0.334 e. The van der Waals surface area contributed by atoms with Gasteiger partial charge in [-0.15, -0.1) is 0 Å². The number of esters is 1. The van der Waals surface area contributed by atoms with Gasteiger partial charge in [0.1, 0.15) is 6.10 Å². The first-order valence-electron chi connectivity index (χ1n) is 11.8. The summed E-state index contributed by atoms with van der Waals surface area (Å²) in [7, 11) is -4.57. The van der Waals surface area contributed by atoms with Crippen molar-refractivity contribution in [2.24, 2.45) is 16.3 Å². The van der Waals surface area contributed by atoms with Crippen LogP contribution in [0.5, 0.6) is 0 Å². The zero-order valence-electron chi connectivity index (χ0n) is 20.7. The fourth-order valence-corrected chi connectivity index (χ4v) is 5.16. The second kappa shape index (κ2) is 11.9. The lowest BCUT2D eigenvalue weighted by Crippen LogP contribution is -2.32. The maximum absolute atomic E-state index is 13.1. The molecular formula is C26H24N4O8S. The van der Waals surface area contributed by atoms with Crippen LogP contribution in [0.1, 0.15) is 24.2 Å². The van der Waals surface area contributed by atoms with E-state index in [0.717, 1.165) is 36.8 Å². The summed E-state index contributed by atoms with van der Waals surface area (Å²) in [6.07, 6.45) is -0.740. The van der Waals surface area contributed by atoms with Crippen LogP contribution in [-0.2, 0) is 35.7 Å². The van der Waals surface area contributed by atoms with Crippen molar-refractivity contribution in [3.05, 3.63) is 106 Å². The van der Waals surface area contributed by atoms with Crippen molar-refractivity contribution in [2.45, 2.75) is 30.6 Å². The molecule has 1 unspecified atom stereocenters. The van der Waals surface area contributed by atoms with Crippen LogP contribution in [0.25, 0.3) is 0 Å². The molecular weight excluding hydrogens is 528 g/mol. The Morgan fingerprint density at radius 2 is 1.64 bits per heavy atom. The summed E-state index contributed by atoms with van der Waals surface area (Å²) in [4.78, 5) is 34.9. The Balaban J connectivity index is 1.60. The number of nitro benzene ring substituents is 1. The van der Waals surface area contributed by atoms with Gasteiger partial charge in [-0.3, -0.25) is 14.9 Å². The number of nitro groups is 1. The molecule has 3 aromatic rings. The molecule has 1 amide bonds. The molecule has 4 rings (SSSR count). The molecule has 202 valence electrons. The van der Waals surface area contributed by atoms with Crippen LogP contribution in [-0.4, -0.2) is 42.3 Å². The van der Waals surface area contributed by atoms with Crippen molar-refractivity contribution in [3.8, 4) is 0 Å². The lowest BCUT2D eigenvalue weighted by atomic mass is 9.93. The van der Waals surface area contributed by atoms with E-state index in [-0.39, 0.29) is 23.3 Å². The summed E-state index contributed by atoms with van der Waals surface area (Å²) in [5.74, 6) is -2.43. The fourth-order valence-electron chi connectivity index (χ4n) is 4.00. The van der Waals surface area contributed by atoms with Crippen LogP contribution >= 0.6 is 0 Å². The summed E-state index contributed by atoms with van der Waals surface area (Å²) in [5, 5.41) is 18.5. The Bertz CT molecular complexity index is 1460. The van der Waals surface area contributed by atoms with E-state index in [1.54, 1.807) is 24.3 Å². The highest BCUT2D eigenvalue weighted by molar-refractivity contribution is 7.89. The third-order valence-electron chi connectivity index (χ3n) is 5.93.